The molecule has 3 aromatic rings. The number of aromatic nitrogens is 4. The molecule has 0 amide bonds. The van der Waals surface area contributed by atoms with Gasteiger partial charge in [-0.2, -0.15) is 0 Å². The summed E-state index contributed by atoms with van der Waals surface area (Å²) in [6, 6.07) is 10.4. The van der Waals surface area contributed by atoms with Crippen molar-refractivity contribution in [3.8, 4) is 0 Å². The van der Waals surface area contributed by atoms with Crippen LogP contribution in [-0.4, -0.2) is 79.8 Å². The molecule has 2 fully saturated rings. The van der Waals surface area contributed by atoms with Gasteiger partial charge in [0.25, 0.3) is 0 Å². The van der Waals surface area contributed by atoms with E-state index >= 15 is 0 Å². The second kappa shape index (κ2) is 16.0. The van der Waals surface area contributed by atoms with E-state index in [4.69, 9.17) is 0 Å². The minimum atomic E-state index is 0.909. The first-order valence-corrected chi connectivity index (χ1v) is 15.1. The van der Waals surface area contributed by atoms with Gasteiger partial charge in [-0.15, -0.1) is 0 Å². The number of aryl methyl sites for hydroxylation is 3. The monoisotopic (exact) mass is 544 g/mol. The van der Waals surface area contributed by atoms with Crippen LogP contribution >= 0.6 is 0 Å². The van der Waals surface area contributed by atoms with E-state index in [1.807, 2.05) is 50.1 Å². The standard InChI is InChI=1S/C11H12N2.C9H16N2.C7H12N2.C5H8N2/c1-10-12-7-8-13(10)9-11-5-3-2-4-6-11;1-2-5-9-10-6-4-8-11(9)7-3-1;1-3-7-8-4-2-6-9(7)5-1;1-5-6-3-4-7(5)2/h2-8H,9H2,1H3;1-8H2;1-6H2;3-4H,1-2H3. The molecule has 0 spiro atoms. The van der Waals surface area contributed by atoms with Crippen molar-refractivity contribution in [1.82, 2.24) is 28.9 Å². The average Bonchev–Trinajstić information content (AvgIpc) is 3.68. The summed E-state index contributed by atoms with van der Waals surface area (Å²) >= 11 is 0. The molecule has 6 heterocycles. The first-order valence-electron chi connectivity index (χ1n) is 15.1. The molecule has 0 radical (unpaired) electrons. The van der Waals surface area contributed by atoms with Gasteiger partial charge in [0, 0.05) is 90.5 Å². The molecule has 8 nitrogen and oxygen atoms in total. The first-order chi connectivity index (χ1) is 19.6. The van der Waals surface area contributed by atoms with Crippen molar-refractivity contribution in [2.45, 2.75) is 71.8 Å². The summed E-state index contributed by atoms with van der Waals surface area (Å²) in [5.74, 6) is 4.89. The predicted molar refractivity (Wildman–Crippen MR) is 165 cm³/mol. The second-order valence-electron chi connectivity index (χ2n) is 10.9. The maximum Gasteiger partial charge on any atom is 0.105 e. The highest BCUT2D eigenvalue weighted by molar-refractivity contribution is 5.84. The summed E-state index contributed by atoms with van der Waals surface area (Å²) in [6.45, 7) is 12.1. The number of fused-ring (bicyclic) bond motifs is 2. The lowest BCUT2D eigenvalue weighted by atomic mass is 10.2. The van der Waals surface area contributed by atoms with Gasteiger partial charge in [0.05, 0.1) is 11.7 Å². The third-order valence-electron chi connectivity index (χ3n) is 7.83. The summed E-state index contributed by atoms with van der Waals surface area (Å²) in [7, 11) is 1.97. The highest BCUT2D eigenvalue weighted by atomic mass is 15.2. The van der Waals surface area contributed by atoms with E-state index in [0.29, 0.717) is 0 Å². The molecular formula is C32H48N8. The molecule has 216 valence electrons. The Labute approximate surface area is 240 Å². The van der Waals surface area contributed by atoms with Crippen molar-refractivity contribution < 1.29 is 0 Å². The number of imidazole rings is 2. The molecule has 2 saturated heterocycles. The largest absolute Gasteiger partial charge is 0.360 e. The third kappa shape index (κ3) is 9.35. The quantitative estimate of drug-likeness (QED) is 0.426. The molecule has 7 rings (SSSR count). The van der Waals surface area contributed by atoms with Crippen LogP contribution in [0, 0.1) is 13.8 Å². The molecule has 8 heteroatoms. The number of nitrogens with zero attached hydrogens (tertiary/aromatic N) is 8. The van der Waals surface area contributed by atoms with Crippen LogP contribution in [-0.2, 0) is 13.6 Å². The van der Waals surface area contributed by atoms with Gasteiger partial charge in [0.2, 0.25) is 0 Å². The van der Waals surface area contributed by atoms with E-state index in [2.05, 4.69) is 58.6 Å². The van der Waals surface area contributed by atoms with Crippen molar-refractivity contribution in [2.24, 2.45) is 17.0 Å². The van der Waals surface area contributed by atoms with E-state index in [-0.39, 0.29) is 0 Å². The van der Waals surface area contributed by atoms with Crippen molar-refractivity contribution >= 4 is 11.7 Å². The van der Waals surface area contributed by atoms with Crippen LogP contribution in [0.4, 0.5) is 0 Å². The Kier molecular flexibility index (Phi) is 11.8. The van der Waals surface area contributed by atoms with Gasteiger partial charge in [-0.3, -0.25) is 9.98 Å². The summed E-state index contributed by atoms with van der Waals surface area (Å²) < 4.78 is 4.11. The zero-order valence-corrected chi connectivity index (χ0v) is 24.9. The van der Waals surface area contributed by atoms with Crippen LogP contribution in [0.15, 0.2) is 65.1 Å². The van der Waals surface area contributed by atoms with Crippen LogP contribution in [0.3, 0.4) is 0 Å². The summed E-state index contributed by atoms with van der Waals surface area (Å²) in [4.78, 5) is 22.0. The molecule has 0 bridgehead atoms. The normalized spacial score (nSPS) is 17.8. The van der Waals surface area contributed by atoms with E-state index in [0.717, 1.165) is 31.3 Å². The minimum absolute atomic E-state index is 0.909. The smallest absolute Gasteiger partial charge is 0.105 e. The van der Waals surface area contributed by atoms with Gasteiger partial charge in [-0.05, 0) is 51.5 Å². The van der Waals surface area contributed by atoms with Crippen LogP contribution in [0.25, 0.3) is 0 Å². The highest BCUT2D eigenvalue weighted by Gasteiger charge is 2.19. The molecule has 2 aromatic heterocycles. The fourth-order valence-electron chi connectivity index (χ4n) is 5.34. The Morgan fingerprint density at radius 3 is 1.82 bits per heavy atom. The number of rotatable bonds is 2. The minimum Gasteiger partial charge on any atom is -0.360 e. The first kappa shape index (κ1) is 29.6. The van der Waals surface area contributed by atoms with Crippen LogP contribution < -0.4 is 0 Å². The SMILES string of the molecule is C1CCC2=NCCCN2CC1.C1CN=C2CCCN2C1.Cc1nccn1C.Cc1nccn1Cc1ccccc1. The number of hydrogen-bond donors (Lipinski definition) is 0. The lowest BCUT2D eigenvalue weighted by molar-refractivity contribution is 0.391. The molecule has 1 aromatic carbocycles. The van der Waals surface area contributed by atoms with Crippen molar-refractivity contribution in [3.63, 3.8) is 0 Å². The molecule has 0 N–H and O–H groups in total. The van der Waals surface area contributed by atoms with E-state index in [1.165, 1.54) is 94.8 Å². The van der Waals surface area contributed by atoms with Crippen LogP contribution in [0.5, 0.6) is 0 Å². The van der Waals surface area contributed by atoms with Crippen molar-refractivity contribution in [1.29, 1.82) is 0 Å². The molecule has 4 aliphatic rings. The fourth-order valence-corrected chi connectivity index (χ4v) is 5.34. The van der Waals surface area contributed by atoms with Crippen LogP contribution in [0.1, 0.15) is 68.6 Å². The van der Waals surface area contributed by atoms with E-state index < -0.39 is 0 Å². The third-order valence-corrected chi connectivity index (χ3v) is 7.83. The van der Waals surface area contributed by atoms with Crippen LogP contribution in [0.2, 0.25) is 0 Å². The van der Waals surface area contributed by atoms with Gasteiger partial charge in [0.15, 0.2) is 0 Å². The summed E-state index contributed by atoms with van der Waals surface area (Å²) in [5, 5.41) is 0. The molecule has 0 aliphatic carbocycles. The van der Waals surface area contributed by atoms with Gasteiger partial charge < -0.3 is 18.9 Å². The lowest BCUT2D eigenvalue weighted by Gasteiger charge is -2.27. The number of hydrogen-bond acceptors (Lipinski definition) is 6. The number of benzene rings is 1. The Balaban J connectivity index is 0.000000126. The van der Waals surface area contributed by atoms with Gasteiger partial charge >= 0.3 is 0 Å². The molecule has 0 atom stereocenters. The van der Waals surface area contributed by atoms with E-state index in [1.54, 1.807) is 6.20 Å². The van der Waals surface area contributed by atoms with E-state index in [9.17, 15) is 0 Å². The zero-order chi connectivity index (χ0) is 28.0. The molecule has 4 aliphatic heterocycles. The summed E-state index contributed by atoms with van der Waals surface area (Å²) in [6.07, 6.45) is 18.0. The van der Waals surface area contributed by atoms with Crippen molar-refractivity contribution in [2.75, 3.05) is 39.3 Å². The topological polar surface area (TPSA) is 66.8 Å². The number of aliphatic imine (C=N–C) groups is 2. The highest BCUT2D eigenvalue weighted by Crippen LogP contribution is 2.16. The maximum absolute atomic E-state index is 4.55. The average molecular weight is 545 g/mol. The maximum atomic E-state index is 4.55. The fraction of sp³-hybridized carbons (Fsp3) is 0.562. The second-order valence-corrected chi connectivity index (χ2v) is 10.9. The Morgan fingerprint density at radius 1 is 0.650 bits per heavy atom. The van der Waals surface area contributed by atoms with Crippen molar-refractivity contribution in [3.05, 3.63) is 72.3 Å². The molecule has 40 heavy (non-hydrogen) atoms. The Bertz CT molecular complexity index is 1180. The van der Waals surface area contributed by atoms with Gasteiger partial charge in [-0.25, -0.2) is 9.97 Å². The molecule has 0 unspecified atom stereocenters. The number of amidine groups is 2. The lowest BCUT2D eigenvalue weighted by Crippen LogP contribution is -2.34. The van der Waals surface area contributed by atoms with Gasteiger partial charge in [0.1, 0.15) is 11.6 Å². The zero-order valence-electron chi connectivity index (χ0n) is 24.9. The molecular weight excluding hydrogens is 496 g/mol. The Hall–Kier alpha value is -3.42. The predicted octanol–water partition coefficient (Wildman–Crippen LogP) is 5.52. The molecule has 0 saturated carbocycles. The summed E-state index contributed by atoms with van der Waals surface area (Å²) in [5.41, 5.74) is 1.31. The Morgan fingerprint density at radius 2 is 1.25 bits per heavy atom. The van der Waals surface area contributed by atoms with Gasteiger partial charge in [-0.1, -0.05) is 36.8 Å².